The van der Waals surface area contributed by atoms with Gasteiger partial charge in [0.15, 0.2) is 0 Å². The Morgan fingerprint density at radius 2 is 1.81 bits per heavy atom. The Balaban J connectivity index is 2.01. The molecule has 2 bridgehead atoms. The van der Waals surface area contributed by atoms with E-state index in [2.05, 4.69) is 45.7 Å². The molecule has 2 saturated carbocycles. The lowest BCUT2D eigenvalue weighted by molar-refractivity contribution is 0.167. The summed E-state index contributed by atoms with van der Waals surface area (Å²) in [5.41, 5.74) is 0.481. The zero-order valence-corrected chi connectivity index (χ0v) is 13.7. The lowest BCUT2D eigenvalue weighted by Crippen LogP contribution is -2.34. The first-order valence-electron chi connectivity index (χ1n) is 6.73. The van der Waals surface area contributed by atoms with E-state index in [9.17, 15) is 0 Å². The molecule has 2 heteroatoms. The van der Waals surface area contributed by atoms with Crippen molar-refractivity contribution in [2.24, 2.45) is 29.1 Å². The highest BCUT2D eigenvalue weighted by Crippen LogP contribution is 2.53. The van der Waals surface area contributed by atoms with Gasteiger partial charge in [0.1, 0.15) is 0 Å². The summed E-state index contributed by atoms with van der Waals surface area (Å²) in [7, 11) is 0. The summed E-state index contributed by atoms with van der Waals surface area (Å²) in [5, 5.41) is 2.30. The van der Waals surface area contributed by atoms with Crippen LogP contribution in [0.1, 0.15) is 46.0 Å². The molecule has 94 valence electrons. The molecule has 0 aromatic rings. The number of halogens is 2. The van der Waals surface area contributed by atoms with Gasteiger partial charge in [-0.15, -0.1) is 0 Å². The lowest BCUT2D eigenvalue weighted by atomic mass is 9.70. The van der Waals surface area contributed by atoms with Crippen molar-refractivity contribution < 1.29 is 0 Å². The molecule has 0 nitrogen and oxygen atoms in total. The molecule has 2 rings (SSSR count). The number of alkyl halides is 2. The molecule has 3 atom stereocenters. The average Bonchev–Trinajstić information content (AvgIpc) is 2.87. The molecule has 0 aliphatic heterocycles. The van der Waals surface area contributed by atoms with Crippen molar-refractivity contribution in [3.63, 3.8) is 0 Å². The first kappa shape index (κ1) is 13.4. The Kier molecular flexibility index (Phi) is 4.44. The monoisotopic (exact) mass is 350 g/mol. The third-order valence-electron chi connectivity index (χ3n) is 5.31. The predicted molar refractivity (Wildman–Crippen MR) is 78.4 cm³/mol. The fourth-order valence-corrected chi connectivity index (χ4v) is 6.52. The predicted octanol–water partition coefficient (Wildman–Crippen LogP) is 5.24. The maximum absolute atomic E-state index is 3.76. The normalized spacial score (nSPS) is 33.9. The van der Waals surface area contributed by atoms with Crippen molar-refractivity contribution >= 4 is 31.9 Å². The molecule has 2 aliphatic rings. The molecule has 2 aliphatic carbocycles. The summed E-state index contributed by atoms with van der Waals surface area (Å²) in [6, 6.07) is 0. The van der Waals surface area contributed by atoms with E-state index in [4.69, 9.17) is 0 Å². The Morgan fingerprint density at radius 1 is 1.12 bits per heavy atom. The number of hydrogen-bond donors (Lipinski definition) is 0. The van der Waals surface area contributed by atoms with Crippen molar-refractivity contribution in [2.75, 3.05) is 10.7 Å². The molecular weight excluding hydrogens is 328 g/mol. The molecule has 16 heavy (non-hydrogen) atoms. The molecular formula is C14H24Br2. The van der Waals surface area contributed by atoms with Gasteiger partial charge in [-0.05, 0) is 54.8 Å². The first-order chi connectivity index (χ1) is 7.61. The van der Waals surface area contributed by atoms with Crippen molar-refractivity contribution in [1.82, 2.24) is 0 Å². The van der Waals surface area contributed by atoms with Crippen LogP contribution in [0, 0.1) is 29.1 Å². The van der Waals surface area contributed by atoms with Gasteiger partial charge in [-0.3, -0.25) is 0 Å². The van der Waals surface area contributed by atoms with Gasteiger partial charge in [0.2, 0.25) is 0 Å². The van der Waals surface area contributed by atoms with Gasteiger partial charge >= 0.3 is 0 Å². The quantitative estimate of drug-likeness (QED) is 0.594. The van der Waals surface area contributed by atoms with Gasteiger partial charge in [-0.2, -0.15) is 0 Å². The fourth-order valence-electron chi connectivity index (χ4n) is 3.84. The molecule has 0 aromatic heterocycles. The molecule has 0 amide bonds. The van der Waals surface area contributed by atoms with Gasteiger partial charge in [-0.1, -0.05) is 52.1 Å². The van der Waals surface area contributed by atoms with Gasteiger partial charge in [0, 0.05) is 10.7 Å². The lowest BCUT2D eigenvalue weighted by Gasteiger charge is -2.39. The minimum Gasteiger partial charge on any atom is -0.0922 e. The van der Waals surface area contributed by atoms with E-state index < -0.39 is 0 Å². The third-order valence-corrected chi connectivity index (χ3v) is 7.54. The average molecular weight is 352 g/mol. The van der Waals surface area contributed by atoms with Crippen molar-refractivity contribution in [2.45, 2.75) is 46.0 Å². The highest BCUT2D eigenvalue weighted by molar-refractivity contribution is 9.09. The second-order valence-corrected chi connectivity index (χ2v) is 7.54. The molecule has 0 saturated heterocycles. The summed E-state index contributed by atoms with van der Waals surface area (Å²) in [6.07, 6.45) is 7.55. The molecule has 3 unspecified atom stereocenters. The zero-order valence-electron chi connectivity index (χ0n) is 10.5. The van der Waals surface area contributed by atoms with Crippen LogP contribution in [0.25, 0.3) is 0 Å². The van der Waals surface area contributed by atoms with Crippen LogP contribution in [0.15, 0.2) is 0 Å². The van der Waals surface area contributed by atoms with Gasteiger partial charge in [0.05, 0.1) is 0 Å². The minimum atomic E-state index is 0.481. The maximum Gasteiger partial charge on any atom is 0.00985 e. The first-order valence-corrected chi connectivity index (χ1v) is 8.97. The van der Waals surface area contributed by atoms with E-state index in [0.29, 0.717) is 5.41 Å². The second kappa shape index (κ2) is 5.30. The molecule has 0 aromatic carbocycles. The Labute approximate surface area is 117 Å². The second-order valence-electron chi connectivity index (χ2n) is 6.42. The van der Waals surface area contributed by atoms with Crippen molar-refractivity contribution in [1.29, 1.82) is 0 Å². The smallest absolute Gasteiger partial charge is 0.00985 e. The zero-order chi connectivity index (χ0) is 11.8. The SMILES string of the molecule is CC(C)C(CBr)(CBr)CC1CC2CCC1C2. The number of fused-ring (bicyclic) bond motifs is 2. The van der Waals surface area contributed by atoms with E-state index >= 15 is 0 Å². The van der Waals surface area contributed by atoms with Crippen LogP contribution >= 0.6 is 31.9 Å². The van der Waals surface area contributed by atoms with Crippen LogP contribution in [0.4, 0.5) is 0 Å². The Morgan fingerprint density at radius 3 is 2.19 bits per heavy atom. The number of rotatable bonds is 5. The Bertz CT molecular complexity index is 233. The van der Waals surface area contributed by atoms with Crippen LogP contribution in [-0.4, -0.2) is 10.7 Å². The summed E-state index contributed by atoms with van der Waals surface area (Å²) >= 11 is 7.53. The molecule has 0 spiro atoms. The van der Waals surface area contributed by atoms with Gasteiger partial charge < -0.3 is 0 Å². The Hall–Kier alpha value is 0.960. The highest BCUT2D eigenvalue weighted by Gasteiger charge is 2.44. The third kappa shape index (κ3) is 2.39. The summed E-state index contributed by atoms with van der Waals surface area (Å²) in [5.74, 6) is 3.95. The molecule has 0 N–H and O–H groups in total. The summed E-state index contributed by atoms with van der Waals surface area (Å²) in [4.78, 5) is 0. The molecule has 0 radical (unpaired) electrons. The molecule has 2 fully saturated rings. The van der Waals surface area contributed by atoms with E-state index in [1.807, 2.05) is 0 Å². The van der Waals surface area contributed by atoms with E-state index in [0.717, 1.165) is 34.3 Å². The van der Waals surface area contributed by atoms with Crippen molar-refractivity contribution in [3.8, 4) is 0 Å². The van der Waals surface area contributed by atoms with Crippen molar-refractivity contribution in [3.05, 3.63) is 0 Å². The maximum atomic E-state index is 3.76. The summed E-state index contributed by atoms with van der Waals surface area (Å²) in [6.45, 7) is 4.77. The van der Waals surface area contributed by atoms with E-state index in [1.54, 1.807) is 6.42 Å². The van der Waals surface area contributed by atoms with Crippen LogP contribution < -0.4 is 0 Å². The van der Waals surface area contributed by atoms with Gasteiger partial charge in [-0.25, -0.2) is 0 Å². The summed E-state index contributed by atoms with van der Waals surface area (Å²) < 4.78 is 0. The van der Waals surface area contributed by atoms with E-state index in [1.165, 1.54) is 25.7 Å². The minimum absolute atomic E-state index is 0.481. The standard InChI is InChI=1S/C14H24Br2/c1-10(2)14(8-15,9-16)7-13-6-11-3-4-12(13)5-11/h10-13H,3-9H2,1-2H3. The van der Waals surface area contributed by atoms with Gasteiger partial charge in [0.25, 0.3) is 0 Å². The largest absolute Gasteiger partial charge is 0.0922 e. The van der Waals surface area contributed by atoms with Crippen LogP contribution in [0.5, 0.6) is 0 Å². The van der Waals surface area contributed by atoms with Crippen LogP contribution in [0.2, 0.25) is 0 Å². The van der Waals surface area contributed by atoms with Crippen LogP contribution in [0.3, 0.4) is 0 Å². The molecule has 0 heterocycles. The topological polar surface area (TPSA) is 0 Å². The fraction of sp³-hybridized carbons (Fsp3) is 1.00. The highest BCUT2D eigenvalue weighted by atomic mass is 79.9. The van der Waals surface area contributed by atoms with E-state index in [-0.39, 0.29) is 0 Å². The number of hydrogen-bond acceptors (Lipinski definition) is 0. The van der Waals surface area contributed by atoms with Crippen LogP contribution in [-0.2, 0) is 0 Å².